The molecule has 0 bridgehead atoms. The van der Waals surface area contributed by atoms with Crippen LogP contribution in [0.1, 0.15) is 29.7 Å². The topological polar surface area (TPSA) is 29.5 Å². The van der Waals surface area contributed by atoms with Crippen molar-refractivity contribution in [3.05, 3.63) is 65.2 Å². The molecule has 0 aromatic heterocycles. The van der Waals surface area contributed by atoms with E-state index in [-0.39, 0.29) is 0 Å². The molecule has 1 atom stereocenters. The van der Waals surface area contributed by atoms with Crippen LogP contribution in [0.4, 0.5) is 0 Å². The zero-order valence-corrected chi connectivity index (χ0v) is 10.8. The van der Waals surface area contributed by atoms with E-state index in [0.717, 1.165) is 22.4 Å². The highest BCUT2D eigenvalue weighted by Crippen LogP contribution is 2.31. The molecule has 2 nitrogen and oxygen atoms in total. The maximum atomic E-state index is 10.5. The van der Waals surface area contributed by atoms with Crippen molar-refractivity contribution in [1.29, 1.82) is 0 Å². The van der Waals surface area contributed by atoms with Crippen LogP contribution in [-0.2, 0) is 0 Å². The van der Waals surface area contributed by atoms with Crippen molar-refractivity contribution in [2.45, 2.75) is 20.0 Å². The third-order valence-electron chi connectivity index (χ3n) is 3.00. The normalized spacial score (nSPS) is 12.2. The molecule has 0 fully saturated rings. The highest BCUT2D eigenvalue weighted by atomic mass is 16.5. The predicted molar refractivity (Wildman–Crippen MR) is 72.9 cm³/mol. The Hall–Kier alpha value is -1.80. The maximum Gasteiger partial charge on any atom is 0.125 e. The third-order valence-corrected chi connectivity index (χ3v) is 3.00. The first kappa shape index (κ1) is 12.7. The molecule has 0 saturated carbocycles. The van der Waals surface area contributed by atoms with Crippen LogP contribution in [0.15, 0.2) is 48.5 Å². The van der Waals surface area contributed by atoms with E-state index in [1.54, 1.807) is 0 Å². The molecule has 0 heterocycles. The highest BCUT2D eigenvalue weighted by molar-refractivity contribution is 5.42. The minimum absolute atomic E-state index is 0.595. The summed E-state index contributed by atoms with van der Waals surface area (Å²) in [5.74, 6) is 0.746. The number of para-hydroxylation sites is 1. The van der Waals surface area contributed by atoms with Crippen molar-refractivity contribution in [2.24, 2.45) is 0 Å². The average molecular weight is 242 g/mol. The van der Waals surface area contributed by atoms with E-state index in [4.69, 9.17) is 4.74 Å². The van der Waals surface area contributed by atoms with Gasteiger partial charge in [0.25, 0.3) is 0 Å². The zero-order valence-electron chi connectivity index (χ0n) is 10.8. The van der Waals surface area contributed by atoms with Gasteiger partial charge in [-0.25, -0.2) is 0 Å². The van der Waals surface area contributed by atoms with Gasteiger partial charge >= 0.3 is 0 Å². The molecular weight excluding hydrogens is 224 g/mol. The monoisotopic (exact) mass is 242 g/mol. The number of rotatable bonds is 4. The second-order valence-corrected chi connectivity index (χ2v) is 4.23. The molecule has 18 heavy (non-hydrogen) atoms. The minimum atomic E-state index is -0.644. The predicted octanol–water partition coefficient (Wildman–Crippen LogP) is 3.48. The van der Waals surface area contributed by atoms with Crippen molar-refractivity contribution in [3.8, 4) is 5.75 Å². The van der Waals surface area contributed by atoms with Crippen LogP contribution in [0.2, 0.25) is 0 Å². The van der Waals surface area contributed by atoms with Crippen LogP contribution in [-0.4, -0.2) is 11.7 Å². The Bertz CT molecular complexity index is 520. The number of ether oxygens (including phenoxy) is 1. The number of aliphatic hydroxyl groups is 1. The number of aliphatic hydroxyl groups excluding tert-OH is 1. The molecule has 2 aromatic rings. The summed E-state index contributed by atoms with van der Waals surface area (Å²) in [6.45, 7) is 4.54. The van der Waals surface area contributed by atoms with Crippen molar-refractivity contribution >= 4 is 0 Å². The van der Waals surface area contributed by atoms with E-state index < -0.39 is 6.10 Å². The largest absolute Gasteiger partial charge is 0.493 e. The van der Waals surface area contributed by atoms with Crippen molar-refractivity contribution in [3.63, 3.8) is 0 Å². The van der Waals surface area contributed by atoms with Crippen LogP contribution in [0.3, 0.4) is 0 Å². The summed E-state index contributed by atoms with van der Waals surface area (Å²) in [5.41, 5.74) is 2.81. The summed E-state index contributed by atoms with van der Waals surface area (Å²) >= 11 is 0. The molecular formula is C16H18O2. The maximum absolute atomic E-state index is 10.5. The fraction of sp³-hybridized carbons (Fsp3) is 0.250. The Labute approximate surface area is 108 Å². The first-order valence-corrected chi connectivity index (χ1v) is 6.19. The molecule has 94 valence electrons. The Morgan fingerprint density at radius 3 is 2.28 bits per heavy atom. The third kappa shape index (κ3) is 2.54. The average Bonchev–Trinajstić information content (AvgIpc) is 2.40. The molecule has 0 aliphatic rings. The Morgan fingerprint density at radius 1 is 1.00 bits per heavy atom. The van der Waals surface area contributed by atoms with Crippen LogP contribution >= 0.6 is 0 Å². The summed E-state index contributed by atoms with van der Waals surface area (Å²) < 4.78 is 5.56. The second kappa shape index (κ2) is 5.69. The number of hydrogen-bond donors (Lipinski definition) is 1. The van der Waals surface area contributed by atoms with Crippen LogP contribution < -0.4 is 4.74 Å². The summed E-state index contributed by atoms with van der Waals surface area (Å²) in [7, 11) is 0. The van der Waals surface area contributed by atoms with Crippen LogP contribution in [0.25, 0.3) is 0 Å². The van der Waals surface area contributed by atoms with Gasteiger partial charge in [-0.1, -0.05) is 42.5 Å². The van der Waals surface area contributed by atoms with Crippen LogP contribution in [0.5, 0.6) is 5.75 Å². The first-order chi connectivity index (χ1) is 8.74. The molecule has 2 heteroatoms. The van der Waals surface area contributed by atoms with Crippen molar-refractivity contribution in [1.82, 2.24) is 0 Å². The highest BCUT2D eigenvalue weighted by Gasteiger charge is 2.16. The van der Waals surface area contributed by atoms with Gasteiger partial charge in [-0.2, -0.15) is 0 Å². The van der Waals surface area contributed by atoms with E-state index in [0.29, 0.717) is 6.61 Å². The van der Waals surface area contributed by atoms with Gasteiger partial charge in [-0.3, -0.25) is 0 Å². The molecule has 0 spiro atoms. The van der Waals surface area contributed by atoms with Gasteiger partial charge in [-0.05, 0) is 31.0 Å². The summed E-state index contributed by atoms with van der Waals surface area (Å²) in [6.07, 6.45) is -0.644. The van der Waals surface area contributed by atoms with Gasteiger partial charge in [0.2, 0.25) is 0 Å². The summed E-state index contributed by atoms with van der Waals surface area (Å²) in [4.78, 5) is 0. The van der Waals surface area contributed by atoms with Crippen molar-refractivity contribution < 1.29 is 9.84 Å². The van der Waals surface area contributed by atoms with Gasteiger partial charge in [0.15, 0.2) is 0 Å². The fourth-order valence-electron chi connectivity index (χ4n) is 2.05. The standard InChI is InChI=1S/C16H18O2/c1-3-18-15-11-7-6-10-14(15)16(17)13-9-5-4-8-12(13)2/h4-11,16-17H,3H2,1-2H3. The van der Waals surface area contributed by atoms with E-state index in [1.807, 2.05) is 62.4 Å². The molecule has 0 amide bonds. The van der Waals surface area contributed by atoms with Gasteiger partial charge in [0.05, 0.1) is 6.61 Å². The lowest BCUT2D eigenvalue weighted by atomic mass is 9.97. The minimum Gasteiger partial charge on any atom is -0.493 e. The fourth-order valence-corrected chi connectivity index (χ4v) is 2.05. The molecule has 2 aromatic carbocycles. The lowest BCUT2D eigenvalue weighted by Crippen LogP contribution is -2.05. The lowest BCUT2D eigenvalue weighted by Gasteiger charge is -2.17. The Balaban J connectivity index is 2.40. The molecule has 0 radical (unpaired) electrons. The summed E-state index contributed by atoms with van der Waals surface area (Å²) in [6, 6.07) is 15.5. The lowest BCUT2D eigenvalue weighted by molar-refractivity contribution is 0.211. The molecule has 2 rings (SSSR count). The van der Waals surface area contributed by atoms with Crippen molar-refractivity contribution in [2.75, 3.05) is 6.61 Å². The van der Waals surface area contributed by atoms with E-state index in [1.165, 1.54) is 0 Å². The van der Waals surface area contributed by atoms with Gasteiger partial charge in [0, 0.05) is 5.56 Å². The van der Waals surface area contributed by atoms with E-state index >= 15 is 0 Å². The number of hydrogen-bond acceptors (Lipinski definition) is 2. The Morgan fingerprint density at radius 2 is 1.61 bits per heavy atom. The van der Waals surface area contributed by atoms with Crippen LogP contribution in [0, 0.1) is 6.92 Å². The van der Waals surface area contributed by atoms with Gasteiger partial charge in [0.1, 0.15) is 11.9 Å². The molecule has 1 unspecified atom stereocenters. The first-order valence-electron chi connectivity index (χ1n) is 6.19. The van der Waals surface area contributed by atoms with E-state index in [2.05, 4.69) is 0 Å². The SMILES string of the molecule is CCOc1ccccc1C(O)c1ccccc1C. The molecule has 0 saturated heterocycles. The van der Waals surface area contributed by atoms with Gasteiger partial charge < -0.3 is 9.84 Å². The van der Waals surface area contributed by atoms with Gasteiger partial charge in [-0.15, -0.1) is 0 Å². The molecule has 0 aliphatic heterocycles. The molecule has 1 N–H and O–H groups in total. The van der Waals surface area contributed by atoms with E-state index in [9.17, 15) is 5.11 Å². The number of aryl methyl sites for hydroxylation is 1. The molecule has 0 aliphatic carbocycles. The smallest absolute Gasteiger partial charge is 0.125 e. The Kier molecular flexibility index (Phi) is 4.00. The number of benzene rings is 2. The quantitative estimate of drug-likeness (QED) is 0.889. The zero-order chi connectivity index (χ0) is 13.0. The summed E-state index contributed by atoms with van der Waals surface area (Å²) in [5, 5.41) is 10.5. The second-order valence-electron chi connectivity index (χ2n) is 4.23.